The van der Waals surface area contributed by atoms with Crippen LogP contribution in [0.15, 0.2) is 42.9 Å². The van der Waals surface area contributed by atoms with E-state index in [1.54, 1.807) is 12.5 Å². The van der Waals surface area contributed by atoms with Crippen LogP contribution in [0.5, 0.6) is 0 Å². The van der Waals surface area contributed by atoms with Crippen molar-refractivity contribution in [2.75, 3.05) is 0 Å². The van der Waals surface area contributed by atoms with E-state index in [2.05, 4.69) is 22.4 Å². The number of aliphatic carboxylic acids is 1. The van der Waals surface area contributed by atoms with Crippen molar-refractivity contribution in [1.29, 1.82) is 0 Å². The van der Waals surface area contributed by atoms with Crippen LogP contribution in [0.4, 0.5) is 0 Å². The highest BCUT2D eigenvalue weighted by molar-refractivity contribution is 5.82. The van der Waals surface area contributed by atoms with Gasteiger partial charge in [0.25, 0.3) is 0 Å². The van der Waals surface area contributed by atoms with Crippen LogP contribution in [0, 0.1) is 5.92 Å². The Labute approximate surface area is 160 Å². The molecule has 0 bridgehead atoms. The standard InChI is InChI=1S/C21H29N3O3/c1-15(2)11-19(16(3)25)23-20(21(26)27)12-18-13-22-14-24(18)10-9-17-7-5-4-6-8-17/h4-8,13-15,19-20,23H,9-12H2,1-3H3,(H,26,27). The summed E-state index contributed by atoms with van der Waals surface area (Å²) >= 11 is 0. The zero-order valence-electron chi connectivity index (χ0n) is 16.3. The molecule has 6 nitrogen and oxygen atoms in total. The Morgan fingerprint density at radius 2 is 1.89 bits per heavy atom. The van der Waals surface area contributed by atoms with Gasteiger partial charge < -0.3 is 9.67 Å². The highest BCUT2D eigenvalue weighted by Gasteiger charge is 2.26. The minimum atomic E-state index is -0.958. The number of nitrogens with one attached hydrogen (secondary N) is 1. The maximum absolute atomic E-state index is 11.9. The average molecular weight is 371 g/mol. The van der Waals surface area contributed by atoms with Gasteiger partial charge in [-0.25, -0.2) is 4.98 Å². The number of aryl methyl sites for hydroxylation is 2. The summed E-state index contributed by atoms with van der Waals surface area (Å²) in [7, 11) is 0. The van der Waals surface area contributed by atoms with E-state index in [4.69, 9.17) is 0 Å². The molecule has 146 valence electrons. The third-order valence-corrected chi connectivity index (χ3v) is 4.59. The van der Waals surface area contributed by atoms with Gasteiger partial charge in [0.15, 0.2) is 0 Å². The van der Waals surface area contributed by atoms with Crippen LogP contribution < -0.4 is 5.32 Å². The number of benzene rings is 1. The van der Waals surface area contributed by atoms with E-state index in [0.29, 0.717) is 12.3 Å². The van der Waals surface area contributed by atoms with Gasteiger partial charge in [-0.15, -0.1) is 0 Å². The number of carboxylic acid groups (broad SMARTS) is 1. The van der Waals surface area contributed by atoms with Crippen LogP contribution in [0.1, 0.15) is 38.4 Å². The molecule has 0 radical (unpaired) electrons. The van der Waals surface area contributed by atoms with E-state index in [1.807, 2.05) is 36.6 Å². The second-order valence-electron chi connectivity index (χ2n) is 7.37. The molecule has 1 aromatic heterocycles. The van der Waals surface area contributed by atoms with Gasteiger partial charge in [-0.2, -0.15) is 0 Å². The molecule has 2 aromatic rings. The summed E-state index contributed by atoms with van der Waals surface area (Å²) in [6, 6.07) is 8.86. The molecule has 0 saturated heterocycles. The van der Waals surface area contributed by atoms with Crippen molar-refractivity contribution >= 4 is 11.8 Å². The second kappa shape index (κ2) is 10.0. The Hall–Kier alpha value is -2.47. The molecule has 1 heterocycles. The molecule has 0 aliphatic carbocycles. The van der Waals surface area contributed by atoms with Gasteiger partial charge in [0, 0.05) is 24.9 Å². The van der Waals surface area contributed by atoms with Crippen LogP contribution in [0.25, 0.3) is 0 Å². The number of imidazole rings is 1. The highest BCUT2D eigenvalue weighted by Crippen LogP contribution is 2.11. The first kappa shape index (κ1) is 20.8. The summed E-state index contributed by atoms with van der Waals surface area (Å²) in [4.78, 5) is 27.8. The van der Waals surface area contributed by atoms with Crippen LogP contribution in [0.3, 0.4) is 0 Å². The van der Waals surface area contributed by atoms with Crippen molar-refractivity contribution < 1.29 is 14.7 Å². The molecule has 6 heteroatoms. The third kappa shape index (κ3) is 6.64. The second-order valence-corrected chi connectivity index (χ2v) is 7.37. The first-order chi connectivity index (χ1) is 12.9. The van der Waals surface area contributed by atoms with Crippen LogP contribution in [-0.4, -0.2) is 38.5 Å². The van der Waals surface area contributed by atoms with Gasteiger partial charge in [-0.05, 0) is 31.2 Å². The predicted octanol–water partition coefficient (Wildman–Crippen LogP) is 2.71. The van der Waals surface area contributed by atoms with E-state index in [9.17, 15) is 14.7 Å². The van der Waals surface area contributed by atoms with E-state index >= 15 is 0 Å². The van der Waals surface area contributed by atoms with Gasteiger partial charge >= 0.3 is 5.97 Å². The quantitative estimate of drug-likeness (QED) is 0.634. The molecule has 27 heavy (non-hydrogen) atoms. The van der Waals surface area contributed by atoms with Crippen LogP contribution >= 0.6 is 0 Å². The van der Waals surface area contributed by atoms with E-state index in [-0.39, 0.29) is 12.2 Å². The van der Waals surface area contributed by atoms with Gasteiger partial charge in [0.05, 0.1) is 12.4 Å². The molecule has 2 unspecified atom stereocenters. The molecule has 1 aromatic carbocycles. The molecule has 0 aliphatic heterocycles. The Kier molecular flexibility index (Phi) is 7.73. The zero-order valence-corrected chi connectivity index (χ0v) is 16.3. The fourth-order valence-electron chi connectivity index (χ4n) is 3.11. The summed E-state index contributed by atoms with van der Waals surface area (Å²) in [6.07, 6.45) is 5.18. The fraction of sp³-hybridized carbons (Fsp3) is 0.476. The minimum absolute atomic E-state index is 0.0347. The number of aromatic nitrogens is 2. The number of ketones is 1. The molecular formula is C21H29N3O3. The zero-order chi connectivity index (χ0) is 19.8. The molecule has 2 N–H and O–H groups in total. The van der Waals surface area contributed by atoms with Crippen molar-refractivity contribution in [2.45, 2.75) is 58.7 Å². The molecular weight excluding hydrogens is 342 g/mol. The monoisotopic (exact) mass is 371 g/mol. The van der Waals surface area contributed by atoms with E-state index in [0.717, 1.165) is 18.7 Å². The summed E-state index contributed by atoms with van der Waals surface area (Å²) in [5, 5.41) is 12.7. The van der Waals surface area contributed by atoms with Gasteiger partial charge in [0.1, 0.15) is 11.8 Å². The molecule has 0 fully saturated rings. The first-order valence-electron chi connectivity index (χ1n) is 9.39. The minimum Gasteiger partial charge on any atom is -0.480 e. The van der Waals surface area contributed by atoms with Gasteiger partial charge in [-0.3, -0.25) is 14.9 Å². The number of carbonyl (C=O) groups excluding carboxylic acids is 1. The Morgan fingerprint density at radius 1 is 1.19 bits per heavy atom. The van der Waals surface area contributed by atoms with Crippen molar-refractivity contribution in [3.8, 4) is 0 Å². The summed E-state index contributed by atoms with van der Waals surface area (Å²) < 4.78 is 1.98. The lowest BCUT2D eigenvalue weighted by Crippen LogP contribution is -2.48. The lowest BCUT2D eigenvalue weighted by atomic mass is 9.99. The van der Waals surface area contributed by atoms with Crippen LogP contribution in [0.2, 0.25) is 0 Å². The number of hydrogen-bond donors (Lipinski definition) is 2. The summed E-state index contributed by atoms with van der Waals surface area (Å²) in [5.74, 6) is -0.689. The average Bonchev–Trinajstić information content (AvgIpc) is 3.06. The van der Waals surface area contributed by atoms with E-state index < -0.39 is 18.1 Å². The molecule has 0 saturated carbocycles. The number of nitrogens with zero attached hydrogens (tertiary/aromatic N) is 2. The van der Waals surface area contributed by atoms with Crippen LogP contribution in [-0.2, 0) is 29.0 Å². The number of carbonyl (C=O) groups is 2. The fourth-order valence-corrected chi connectivity index (χ4v) is 3.11. The Balaban J connectivity index is 2.05. The molecule has 2 rings (SSSR count). The smallest absolute Gasteiger partial charge is 0.321 e. The highest BCUT2D eigenvalue weighted by atomic mass is 16.4. The number of hydrogen-bond acceptors (Lipinski definition) is 4. The molecule has 2 atom stereocenters. The lowest BCUT2D eigenvalue weighted by Gasteiger charge is -2.23. The van der Waals surface area contributed by atoms with E-state index in [1.165, 1.54) is 12.5 Å². The maximum Gasteiger partial charge on any atom is 0.321 e. The normalized spacial score (nSPS) is 13.5. The molecule has 0 aliphatic rings. The number of Topliss-reactive ketones (excluding diaryl/α,β-unsaturated/α-hetero) is 1. The lowest BCUT2D eigenvalue weighted by molar-refractivity contribution is -0.139. The Bertz CT molecular complexity index is 740. The Morgan fingerprint density at radius 3 is 2.48 bits per heavy atom. The van der Waals surface area contributed by atoms with Crippen molar-refractivity contribution in [1.82, 2.24) is 14.9 Å². The molecule has 0 amide bonds. The predicted molar refractivity (Wildman–Crippen MR) is 105 cm³/mol. The molecule has 0 spiro atoms. The van der Waals surface area contributed by atoms with Crippen molar-refractivity contribution in [3.05, 3.63) is 54.1 Å². The summed E-state index contributed by atoms with van der Waals surface area (Å²) in [6.45, 7) is 6.27. The third-order valence-electron chi connectivity index (χ3n) is 4.59. The largest absolute Gasteiger partial charge is 0.480 e. The summed E-state index contributed by atoms with van der Waals surface area (Å²) in [5.41, 5.74) is 2.07. The first-order valence-corrected chi connectivity index (χ1v) is 9.39. The van der Waals surface area contributed by atoms with Gasteiger partial charge in [0.2, 0.25) is 0 Å². The van der Waals surface area contributed by atoms with Crippen molar-refractivity contribution in [3.63, 3.8) is 0 Å². The maximum atomic E-state index is 11.9. The van der Waals surface area contributed by atoms with Gasteiger partial charge in [-0.1, -0.05) is 44.2 Å². The topological polar surface area (TPSA) is 84.2 Å². The number of rotatable bonds is 11. The SMILES string of the molecule is CC(=O)C(CC(C)C)NC(Cc1cncn1CCc1ccccc1)C(=O)O. The number of carboxylic acids is 1. The van der Waals surface area contributed by atoms with Crippen molar-refractivity contribution in [2.24, 2.45) is 5.92 Å².